The van der Waals surface area contributed by atoms with Crippen molar-refractivity contribution in [3.63, 3.8) is 0 Å². The minimum absolute atomic E-state index is 0.573. The Balaban J connectivity index is 2.70. The van der Waals surface area contributed by atoms with Crippen LogP contribution >= 0.6 is 0 Å². The molecule has 0 saturated heterocycles. The molecule has 2 N–H and O–H groups in total. The maximum absolute atomic E-state index is 5.40. The van der Waals surface area contributed by atoms with E-state index in [1.54, 1.807) is 6.92 Å². The van der Waals surface area contributed by atoms with Crippen LogP contribution in [0, 0.1) is 6.92 Å². The lowest BCUT2D eigenvalue weighted by atomic mass is 10.3. The van der Waals surface area contributed by atoms with Crippen LogP contribution in [0.15, 0.2) is 23.2 Å². The van der Waals surface area contributed by atoms with Crippen molar-refractivity contribution >= 4 is 5.84 Å². The van der Waals surface area contributed by atoms with Gasteiger partial charge in [0.2, 0.25) is 0 Å². The standard InChI is InChI=1S/C9H13N3/c1-7-4-3-5-9(12-7)6-11-8(2)10/h3-5H,6H2,1-2H3,(H2,10,11). The summed E-state index contributed by atoms with van der Waals surface area (Å²) in [5.41, 5.74) is 7.37. The summed E-state index contributed by atoms with van der Waals surface area (Å²) in [6, 6.07) is 5.88. The number of aryl methyl sites for hydroxylation is 1. The summed E-state index contributed by atoms with van der Waals surface area (Å²) in [6.45, 7) is 4.31. The first-order valence-electron chi connectivity index (χ1n) is 3.87. The normalized spacial score (nSPS) is 11.7. The van der Waals surface area contributed by atoms with Gasteiger partial charge in [0.25, 0.3) is 0 Å². The Hall–Kier alpha value is -1.38. The molecular weight excluding hydrogens is 150 g/mol. The van der Waals surface area contributed by atoms with E-state index in [1.807, 2.05) is 25.1 Å². The first-order valence-corrected chi connectivity index (χ1v) is 3.87. The third-order valence-corrected chi connectivity index (χ3v) is 1.44. The van der Waals surface area contributed by atoms with Gasteiger partial charge in [0.05, 0.1) is 18.1 Å². The third kappa shape index (κ3) is 2.70. The number of nitrogens with two attached hydrogens (primary N) is 1. The summed E-state index contributed by atoms with van der Waals surface area (Å²) < 4.78 is 0. The molecule has 12 heavy (non-hydrogen) atoms. The number of pyridine rings is 1. The van der Waals surface area contributed by atoms with E-state index in [4.69, 9.17) is 5.73 Å². The summed E-state index contributed by atoms with van der Waals surface area (Å²) in [7, 11) is 0. The molecule has 64 valence electrons. The quantitative estimate of drug-likeness (QED) is 0.527. The summed E-state index contributed by atoms with van der Waals surface area (Å²) >= 11 is 0. The smallest absolute Gasteiger partial charge is 0.0910 e. The molecule has 0 saturated carbocycles. The third-order valence-electron chi connectivity index (χ3n) is 1.44. The fourth-order valence-corrected chi connectivity index (χ4v) is 0.893. The van der Waals surface area contributed by atoms with Gasteiger partial charge in [0.15, 0.2) is 0 Å². The number of amidine groups is 1. The Morgan fingerprint density at radius 2 is 2.33 bits per heavy atom. The van der Waals surface area contributed by atoms with E-state index in [-0.39, 0.29) is 0 Å². The molecule has 0 aliphatic carbocycles. The fraction of sp³-hybridized carbons (Fsp3) is 0.333. The molecule has 1 rings (SSSR count). The molecule has 1 heterocycles. The zero-order valence-corrected chi connectivity index (χ0v) is 7.41. The highest BCUT2D eigenvalue weighted by Gasteiger charge is 1.91. The predicted molar refractivity (Wildman–Crippen MR) is 50.0 cm³/mol. The lowest BCUT2D eigenvalue weighted by Crippen LogP contribution is -2.05. The van der Waals surface area contributed by atoms with Crippen LogP contribution in [-0.4, -0.2) is 10.8 Å². The van der Waals surface area contributed by atoms with Crippen molar-refractivity contribution in [1.29, 1.82) is 0 Å². The van der Waals surface area contributed by atoms with Gasteiger partial charge in [-0.25, -0.2) is 0 Å². The number of hydrogen-bond acceptors (Lipinski definition) is 2. The van der Waals surface area contributed by atoms with Crippen LogP contribution in [0.2, 0.25) is 0 Å². The summed E-state index contributed by atoms with van der Waals surface area (Å²) in [4.78, 5) is 8.35. The van der Waals surface area contributed by atoms with E-state index < -0.39 is 0 Å². The molecule has 0 aromatic carbocycles. The van der Waals surface area contributed by atoms with Gasteiger partial charge in [0.1, 0.15) is 0 Å². The molecule has 0 spiro atoms. The van der Waals surface area contributed by atoms with Gasteiger partial charge in [-0.3, -0.25) is 9.98 Å². The molecule has 1 aromatic heterocycles. The Labute approximate surface area is 72.3 Å². The summed E-state index contributed by atoms with van der Waals surface area (Å²) in [5, 5.41) is 0. The minimum Gasteiger partial charge on any atom is -0.388 e. The van der Waals surface area contributed by atoms with E-state index >= 15 is 0 Å². The largest absolute Gasteiger partial charge is 0.388 e. The number of rotatable bonds is 2. The molecule has 0 radical (unpaired) electrons. The number of aromatic nitrogens is 1. The highest BCUT2D eigenvalue weighted by atomic mass is 14.9. The van der Waals surface area contributed by atoms with Crippen LogP contribution < -0.4 is 5.73 Å². The average molecular weight is 163 g/mol. The zero-order valence-electron chi connectivity index (χ0n) is 7.41. The van der Waals surface area contributed by atoms with Crippen LogP contribution in [0.25, 0.3) is 0 Å². The number of aliphatic imine (C=N–C) groups is 1. The van der Waals surface area contributed by atoms with E-state index in [0.29, 0.717) is 12.4 Å². The second kappa shape index (κ2) is 3.85. The molecule has 0 amide bonds. The van der Waals surface area contributed by atoms with Gasteiger partial charge >= 0.3 is 0 Å². The van der Waals surface area contributed by atoms with E-state index in [1.165, 1.54) is 0 Å². The van der Waals surface area contributed by atoms with Gasteiger partial charge in [-0.2, -0.15) is 0 Å². The first-order chi connectivity index (χ1) is 5.68. The van der Waals surface area contributed by atoms with Crippen LogP contribution in [0.4, 0.5) is 0 Å². The Bertz CT molecular complexity index is 288. The van der Waals surface area contributed by atoms with Crippen molar-refractivity contribution in [2.75, 3.05) is 0 Å². The van der Waals surface area contributed by atoms with Crippen LogP contribution in [0.1, 0.15) is 18.3 Å². The van der Waals surface area contributed by atoms with E-state index in [9.17, 15) is 0 Å². The molecule has 0 unspecified atom stereocenters. The Morgan fingerprint density at radius 1 is 1.58 bits per heavy atom. The molecule has 0 bridgehead atoms. The van der Waals surface area contributed by atoms with Gasteiger partial charge in [-0.1, -0.05) is 6.07 Å². The molecule has 1 aromatic rings. The Kier molecular flexibility index (Phi) is 2.80. The minimum atomic E-state index is 0.573. The van der Waals surface area contributed by atoms with E-state index in [0.717, 1.165) is 11.4 Å². The van der Waals surface area contributed by atoms with Crippen molar-refractivity contribution in [3.05, 3.63) is 29.6 Å². The second-order valence-electron chi connectivity index (χ2n) is 2.73. The van der Waals surface area contributed by atoms with Crippen LogP contribution in [-0.2, 0) is 6.54 Å². The predicted octanol–water partition coefficient (Wildman–Crippen LogP) is 1.27. The number of hydrogen-bond donors (Lipinski definition) is 1. The average Bonchev–Trinajstić information content (AvgIpc) is 2.01. The maximum atomic E-state index is 5.40. The molecule has 0 fully saturated rings. The van der Waals surface area contributed by atoms with Gasteiger partial charge in [-0.05, 0) is 26.0 Å². The van der Waals surface area contributed by atoms with Crippen molar-refractivity contribution in [2.24, 2.45) is 10.7 Å². The molecule has 3 heteroatoms. The molecular formula is C9H13N3. The monoisotopic (exact) mass is 163 g/mol. The van der Waals surface area contributed by atoms with Gasteiger partial charge < -0.3 is 5.73 Å². The topological polar surface area (TPSA) is 51.3 Å². The molecule has 0 aliphatic rings. The van der Waals surface area contributed by atoms with Crippen molar-refractivity contribution in [3.8, 4) is 0 Å². The van der Waals surface area contributed by atoms with Crippen LogP contribution in [0.5, 0.6) is 0 Å². The maximum Gasteiger partial charge on any atom is 0.0910 e. The van der Waals surface area contributed by atoms with Crippen LogP contribution in [0.3, 0.4) is 0 Å². The van der Waals surface area contributed by atoms with E-state index in [2.05, 4.69) is 9.98 Å². The molecule has 0 atom stereocenters. The zero-order chi connectivity index (χ0) is 8.97. The molecule has 3 nitrogen and oxygen atoms in total. The molecule has 0 aliphatic heterocycles. The van der Waals surface area contributed by atoms with Crippen molar-refractivity contribution < 1.29 is 0 Å². The highest BCUT2D eigenvalue weighted by molar-refractivity contribution is 5.77. The van der Waals surface area contributed by atoms with Crippen molar-refractivity contribution in [2.45, 2.75) is 20.4 Å². The summed E-state index contributed by atoms with van der Waals surface area (Å²) in [6.07, 6.45) is 0. The SMILES string of the molecule is CC(N)=NCc1cccc(C)n1. The number of nitrogens with zero attached hydrogens (tertiary/aromatic N) is 2. The van der Waals surface area contributed by atoms with Crippen molar-refractivity contribution in [1.82, 2.24) is 4.98 Å². The van der Waals surface area contributed by atoms with Gasteiger partial charge in [-0.15, -0.1) is 0 Å². The fourth-order valence-electron chi connectivity index (χ4n) is 0.893. The highest BCUT2D eigenvalue weighted by Crippen LogP contribution is 1.99. The first kappa shape index (κ1) is 8.71. The Morgan fingerprint density at radius 3 is 2.92 bits per heavy atom. The second-order valence-corrected chi connectivity index (χ2v) is 2.73. The van der Waals surface area contributed by atoms with Gasteiger partial charge in [0, 0.05) is 5.69 Å². The summed E-state index contributed by atoms with van der Waals surface area (Å²) in [5.74, 6) is 0.596. The lowest BCUT2D eigenvalue weighted by molar-refractivity contribution is 0.965. The lowest BCUT2D eigenvalue weighted by Gasteiger charge is -1.97.